The van der Waals surface area contributed by atoms with E-state index in [1.54, 1.807) is 6.07 Å². The lowest BCUT2D eigenvalue weighted by Crippen LogP contribution is -2.28. The van der Waals surface area contributed by atoms with Crippen LogP contribution >= 0.6 is 0 Å². The highest BCUT2D eigenvalue weighted by Gasteiger charge is 2.13. The first-order valence-corrected chi connectivity index (χ1v) is 6.48. The molecule has 1 aliphatic heterocycles. The van der Waals surface area contributed by atoms with Gasteiger partial charge in [0.15, 0.2) is 11.6 Å². The fourth-order valence-corrected chi connectivity index (χ4v) is 2.26. The van der Waals surface area contributed by atoms with Crippen molar-refractivity contribution in [2.75, 3.05) is 19.7 Å². The Bertz CT molecular complexity index is 378. The summed E-state index contributed by atoms with van der Waals surface area (Å²) in [5, 5.41) is 3.31. The third-order valence-corrected chi connectivity index (χ3v) is 3.42. The van der Waals surface area contributed by atoms with Gasteiger partial charge in [0, 0.05) is 12.2 Å². The molecule has 0 amide bonds. The van der Waals surface area contributed by atoms with Crippen LogP contribution in [0.3, 0.4) is 0 Å². The minimum Gasteiger partial charge on any atom is -0.377 e. The summed E-state index contributed by atoms with van der Waals surface area (Å²) >= 11 is 0. The van der Waals surface area contributed by atoms with Crippen LogP contribution in [0.1, 0.15) is 24.8 Å². The van der Waals surface area contributed by atoms with Crippen molar-refractivity contribution >= 4 is 0 Å². The Morgan fingerprint density at radius 1 is 1.22 bits per heavy atom. The zero-order valence-electron chi connectivity index (χ0n) is 10.4. The van der Waals surface area contributed by atoms with Crippen LogP contribution in [0.2, 0.25) is 0 Å². The van der Waals surface area contributed by atoms with Crippen LogP contribution in [0.15, 0.2) is 18.2 Å². The summed E-state index contributed by atoms with van der Waals surface area (Å²) < 4.78 is 31.7. The molecule has 0 atom stereocenters. The molecule has 0 unspecified atom stereocenters. The fourth-order valence-electron chi connectivity index (χ4n) is 2.26. The number of hydrogen-bond donors (Lipinski definition) is 1. The van der Waals surface area contributed by atoms with Gasteiger partial charge in [0.2, 0.25) is 0 Å². The van der Waals surface area contributed by atoms with Gasteiger partial charge < -0.3 is 10.1 Å². The van der Waals surface area contributed by atoms with Gasteiger partial charge in [-0.25, -0.2) is 8.78 Å². The quantitative estimate of drug-likeness (QED) is 0.817. The van der Waals surface area contributed by atoms with Crippen molar-refractivity contribution in [2.45, 2.75) is 25.9 Å². The molecule has 2 rings (SSSR count). The molecule has 2 nitrogen and oxygen atoms in total. The summed E-state index contributed by atoms with van der Waals surface area (Å²) in [5.74, 6) is -0.905. The molecule has 0 aromatic heterocycles. The van der Waals surface area contributed by atoms with Crippen LogP contribution in [0.4, 0.5) is 8.78 Å². The van der Waals surface area contributed by atoms with Gasteiger partial charge in [-0.2, -0.15) is 0 Å². The molecular weight excluding hydrogens is 236 g/mol. The third-order valence-electron chi connectivity index (χ3n) is 3.42. The monoisotopic (exact) mass is 255 g/mol. The molecule has 0 spiro atoms. The summed E-state index contributed by atoms with van der Waals surface area (Å²) in [6.45, 7) is 2.90. The largest absolute Gasteiger partial charge is 0.377 e. The number of piperidine rings is 1. The van der Waals surface area contributed by atoms with Crippen molar-refractivity contribution in [3.05, 3.63) is 35.4 Å². The Labute approximate surface area is 106 Å². The van der Waals surface area contributed by atoms with Gasteiger partial charge in [0.05, 0.1) is 6.61 Å². The number of nitrogens with one attached hydrogen (secondary N) is 1. The maximum absolute atomic E-state index is 13.3. The van der Waals surface area contributed by atoms with Gasteiger partial charge >= 0.3 is 0 Å². The smallest absolute Gasteiger partial charge is 0.164 e. The maximum Gasteiger partial charge on any atom is 0.164 e. The topological polar surface area (TPSA) is 21.3 Å². The molecule has 1 aliphatic rings. The Morgan fingerprint density at radius 3 is 2.78 bits per heavy atom. The zero-order valence-corrected chi connectivity index (χ0v) is 10.4. The van der Waals surface area contributed by atoms with E-state index in [1.807, 2.05) is 0 Å². The van der Waals surface area contributed by atoms with Crippen LogP contribution in [-0.4, -0.2) is 19.7 Å². The SMILES string of the molecule is Fc1cccc(COCCC2CCNCC2)c1F. The molecule has 1 heterocycles. The Morgan fingerprint density at radius 2 is 2.00 bits per heavy atom. The number of benzene rings is 1. The molecule has 0 radical (unpaired) electrons. The second-order valence-electron chi connectivity index (χ2n) is 4.75. The molecule has 4 heteroatoms. The first-order chi connectivity index (χ1) is 8.77. The second kappa shape index (κ2) is 6.81. The maximum atomic E-state index is 13.3. The van der Waals surface area contributed by atoms with E-state index in [0.717, 1.165) is 25.6 Å². The minimum atomic E-state index is -0.811. The average Bonchev–Trinajstić information content (AvgIpc) is 2.40. The van der Waals surface area contributed by atoms with Crippen molar-refractivity contribution in [2.24, 2.45) is 5.92 Å². The molecule has 0 bridgehead atoms. The van der Waals surface area contributed by atoms with Crippen molar-refractivity contribution in [1.82, 2.24) is 5.32 Å². The van der Waals surface area contributed by atoms with Gasteiger partial charge in [0.25, 0.3) is 0 Å². The van der Waals surface area contributed by atoms with Gasteiger partial charge in [-0.3, -0.25) is 0 Å². The number of rotatable bonds is 5. The molecule has 1 aromatic carbocycles. The molecule has 1 fully saturated rings. The van der Waals surface area contributed by atoms with E-state index in [4.69, 9.17) is 4.74 Å². The van der Waals surface area contributed by atoms with E-state index in [9.17, 15) is 8.78 Å². The lowest BCUT2D eigenvalue weighted by molar-refractivity contribution is 0.100. The highest BCUT2D eigenvalue weighted by atomic mass is 19.2. The van der Waals surface area contributed by atoms with Crippen molar-refractivity contribution < 1.29 is 13.5 Å². The average molecular weight is 255 g/mol. The Kier molecular flexibility index (Phi) is 5.08. The summed E-state index contributed by atoms with van der Waals surface area (Å²) in [6, 6.07) is 4.18. The number of hydrogen-bond acceptors (Lipinski definition) is 2. The zero-order chi connectivity index (χ0) is 12.8. The lowest BCUT2D eigenvalue weighted by atomic mass is 9.95. The number of halogens is 2. The van der Waals surface area contributed by atoms with Crippen LogP contribution in [0, 0.1) is 17.6 Å². The third kappa shape index (κ3) is 3.75. The normalized spacial score (nSPS) is 17.0. The van der Waals surface area contributed by atoms with Crippen LogP contribution in [0.5, 0.6) is 0 Å². The van der Waals surface area contributed by atoms with E-state index in [0.29, 0.717) is 18.1 Å². The van der Waals surface area contributed by atoms with E-state index in [1.165, 1.54) is 18.9 Å². The van der Waals surface area contributed by atoms with E-state index >= 15 is 0 Å². The van der Waals surface area contributed by atoms with Crippen molar-refractivity contribution in [1.29, 1.82) is 0 Å². The van der Waals surface area contributed by atoms with E-state index in [2.05, 4.69) is 5.32 Å². The standard InChI is InChI=1S/C14H19F2NO/c15-13-3-1-2-12(14(13)16)10-18-9-6-11-4-7-17-8-5-11/h1-3,11,17H,4-10H2. The predicted molar refractivity (Wildman–Crippen MR) is 66.2 cm³/mol. The molecule has 1 aromatic rings. The van der Waals surface area contributed by atoms with Crippen LogP contribution in [-0.2, 0) is 11.3 Å². The first kappa shape index (κ1) is 13.4. The van der Waals surface area contributed by atoms with Gasteiger partial charge in [-0.1, -0.05) is 12.1 Å². The van der Waals surface area contributed by atoms with Gasteiger partial charge in [0.1, 0.15) is 0 Å². The summed E-state index contributed by atoms with van der Waals surface area (Å²) in [6.07, 6.45) is 3.36. The molecule has 0 saturated carbocycles. The Hall–Kier alpha value is -1.00. The molecule has 1 saturated heterocycles. The highest BCUT2D eigenvalue weighted by molar-refractivity contribution is 5.17. The van der Waals surface area contributed by atoms with Crippen LogP contribution in [0.25, 0.3) is 0 Å². The Balaban J connectivity index is 1.70. The first-order valence-electron chi connectivity index (χ1n) is 6.48. The number of ether oxygens (including phenoxy) is 1. The second-order valence-corrected chi connectivity index (χ2v) is 4.75. The molecule has 1 N–H and O–H groups in total. The van der Waals surface area contributed by atoms with Crippen LogP contribution < -0.4 is 5.32 Å². The minimum absolute atomic E-state index is 0.147. The predicted octanol–water partition coefficient (Wildman–Crippen LogP) is 2.87. The summed E-state index contributed by atoms with van der Waals surface area (Å²) in [4.78, 5) is 0. The van der Waals surface area contributed by atoms with E-state index < -0.39 is 11.6 Å². The molecular formula is C14H19F2NO. The lowest BCUT2D eigenvalue weighted by Gasteiger charge is -2.22. The van der Waals surface area contributed by atoms with Gasteiger partial charge in [-0.15, -0.1) is 0 Å². The van der Waals surface area contributed by atoms with Crippen molar-refractivity contribution in [3.8, 4) is 0 Å². The highest BCUT2D eigenvalue weighted by Crippen LogP contribution is 2.17. The van der Waals surface area contributed by atoms with Gasteiger partial charge in [-0.05, 0) is 44.3 Å². The van der Waals surface area contributed by atoms with E-state index in [-0.39, 0.29) is 6.61 Å². The van der Waals surface area contributed by atoms with Crippen molar-refractivity contribution in [3.63, 3.8) is 0 Å². The summed E-state index contributed by atoms with van der Waals surface area (Å²) in [7, 11) is 0. The molecule has 100 valence electrons. The molecule has 18 heavy (non-hydrogen) atoms. The summed E-state index contributed by atoms with van der Waals surface area (Å²) in [5.41, 5.74) is 0.292. The molecule has 0 aliphatic carbocycles. The fraction of sp³-hybridized carbons (Fsp3) is 0.571.